The van der Waals surface area contributed by atoms with Crippen molar-refractivity contribution in [2.45, 2.75) is 19.5 Å². The lowest BCUT2D eigenvalue weighted by Crippen LogP contribution is -2.44. The number of esters is 1. The first-order valence-electron chi connectivity index (χ1n) is 9.43. The molecule has 2 aromatic rings. The summed E-state index contributed by atoms with van der Waals surface area (Å²) in [6.45, 7) is 1.23. The highest BCUT2D eigenvalue weighted by molar-refractivity contribution is 6.32. The summed E-state index contributed by atoms with van der Waals surface area (Å²) in [7, 11) is 0. The predicted molar refractivity (Wildman–Crippen MR) is 109 cm³/mol. The number of halogens is 5. The van der Waals surface area contributed by atoms with Crippen LogP contribution in [0.1, 0.15) is 13.3 Å². The molecule has 0 bridgehead atoms. The number of anilines is 1. The van der Waals surface area contributed by atoms with Gasteiger partial charge in [0.05, 0.1) is 23.7 Å². The van der Waals surface area contributed by atoms with Gasteiger partial charge < -0.3 is 14.2 Å². The number of urea groups is 1. The normalized spacial score (nSPS) is 14.1. The first-order chi connectivity index (χ1) is 16.0. The van der Waals surface area contributed by atoms with Gasteiger partial charge in [-0.15, -0.1) is 0 Å². The highest BCUT2D eigenvalue weighted by Crippen LogP contribution is 2.39. The van der Waals surface area contributed by atoms with Crippen LogP contribution in [0.2, 0.25) is 5.02 Å². The number of pyridine rings is 1. The number of amides is 3. The number of aliphatic imine (C=N–C) groups is 1. The Balaban J connectivity index is 1.91. The van der Waals surface area contributed by atoms with Crippen molar-refractivity contribution in [3.05, 3.63) is 41.3 Å². The Morgan fingerprint density at radius 1 is 1.24 bits per heavy atom. The summed E-state index contributed by atoms with van der Waals surface area (Å²) in [5.74, 6) is -3.75. The van der Waals surface area contributed by atoms with Gasteiger partial charge >= 0.3 is 18.2 Å². The second-order valence-electron chi connectivity index (χ2n) is 6.48. The minimum absolute atomic E-state index is 0.0834. The Hall–Kier alpha value is -3.74. The molecule has 3 rings (SSSR count). The number of hydrogen-bond acceptors (Lipinski definition) is 7. The minimum Gasteiger partial charge on any atom is -0.463 e. The van der Waals surface area contributed by atoms with Crippen molar-refractivity contribution >= 4 is 40.9 Å². The molecule has 0 spiro atoms. The average Bonchev–Trinajstić information content (AvgIpc) is 2.75. The zero-order valence-electron chi connectivity index (χ0n) is 17.2. The van der Waals surface area contributed by atoms with E-state index in [-0.39, 0.29) is 33.9 Å². The van der Waals surface area contributed by atoms with Crippen molar-refractivity contribution < 1.29 is 46.2 Å². The van der Waals surface area contributed by atoms with Crippen LogP contribution in [0.3, 0.4) is 0 Å². The van der Waals surface area contributed by atoms with E-state index in [0.29, 0.717) is 6.07 Å². The second kappa shape index (κ2) is 10.0. The lowest BCUT2D eigenvalue weighted by molar-refractivity contribution is -0.145. The fraction of sp³-hybridized carbons (Fsp3) is 0.250. The maximum absolute atomic E-state index is 14.5. The summed E-state index contributed by atoms with van der Waals surface area (Å²) in [4.78, 5) is 42.8. The number of hydrogen-bond donors (Lipinski definition) is 0. The smallest absolute Gasteiger partial charge is 0.430 e. The molecule has 0 radical (unpaired) electrons. The average molecular weight is 504 g/mol. The fourth-order valence-corrected chi connectivity index (χ4v) is 2.90. The van der Waals surface area contributed by atoms with Crippen LogP contribution < -0.4 is 14.4 Å². The molecule has 34 heavy (non-hydrogen) atoms. The summed E-state index contributed by atoms with van der Waals surface area (Å²) in [5, 5.41) is -0.308. The number of carbonyl (C=O) groups is 3. The molecule has 0 atom stereocenters. The van der Waals surface area contributed by atoms with Crippen LogP contribution in [0.5, 0.6) is 17.4 Å². The van der Waals surface area contributed by atoms with Crippen LogP contribution in [0.25, 0.3) is 0 Å². The number of aromatic nitrogens is 1. The molecular formula is C20H14ClF4N3O6. The van der Waals surface area contributed by atoms with Gasteiger partial charge in [-0.1, -0.05) is 11.6 Å². The van der Waals surface area contributed by atoms with Crippen molar-refractivity contribution in [2.75, 3.05) is 18.1 Å². The summed E-state index contributed by atoms with van der Waals surface area (Å²) in [6, 6.07) is 2.71. The number of imide groups is 1. The Bertz CT molecular complexity index is 1170. The van der Waals surface area contributed by atoms with Crippen molar-refractivity contribution in [3.63, 3.8) is 0 Å². The lowest BCUT2D eigenvalue weighted by atomic mass is 10.1. The molecule has 1 aliphatic rings. The molecule has 0 saturated carbocycles. The quantitative estimate of drug-likeness (QED) is 0.405. The van der Waals surface area contributed by atoms with E-state index < -0.39 is 54.3 Å². The molecule has 0 aliphatic carbocycles. The first-order valence-corrected chi connectivity index (χ1v) is 9.81. The summed E-state index contributed by atoms with van der Waals surface area (Å²) < 4.78 is 68.6. The van der Waals surface area contributed by atoms with Crippen LogP contribution in [0.15, 0.2) is 35.5 Å². The van der Waals surface area contributed by atoms with Crippen molar-refractivity contribution in [1.29, 1.82) is 0 Å². The SMILES string of the molecule is CCOC(=O)COc1ncccc1Oc1cc(N2C(=O)CC(C(F)(F)F)=NC2=O)c(F)cc1Cl. The fourth-order valence-electron chi connectivity index (χ4n) is 2.71. The number of rotatable bonds is 7. The second-order valence-corrected chi connectivity index (χ2v) is 6.89. The van der Waals surface area contributed by atoms with Gasteiger partial charge in [0.25, 0.3) is 5.88 Å². The van der Waals surface area contributed by atoms with E-state index >= 15 is 0 Å². The molecule has 3 amide bonds. The molecule has 1 aromatic heterocycles. The van der Waals surface area contributed by atoms with E-state index in [0.717, 1.165) is 6.07 Å². The zero-order chi connectivity index (χ0) is 25.0. The Morgan fingerprint density at radius 2 is 1.97 bits per heavy atom. The maximum atomic E-state index is 14.5. The highest BCUT2D eigenvalue weighted by Gasteiger charge is 2.43. The van der Waals surface area contributed by atoms with Crippen molar-refractivity contribution in [2.24, 2.45) is 4.99 Å². The van der Waals surface area contributed by atoms with Gasteiger partial charge in [0.15, 0.2) is 12.4 Å². The number of benzene rings is 1. The topological polar surface area (TPSA) is 107 Å². The number of nitrogens with zero attached hydrogens (tertiary/aromatic N) is 3. The third-order valence-electron chi connectivity index (χ3n) is 4.15. The van der Waals surface area contributed by atoms with E-state index in [1.807, 2.05) is 0 Å². The third kappa shape index (κ3) is 5.60. The molecule has 0 fully saturated rings. The van der Waals surface area contributed by atoms with Gasteiger partial charge in [-0.25, -0.2) is 23.9 Å². The lowest BCUT2D eigenvalue weighted by Gasteiger charge is -2.25. The molecule has 14 heteroatoms. The van der Waals surface area contributed by atoms with Gasteiger partial charge in [0.1, 0.15) is 17.3 Å². The number of ether oxygens (including phenoxy) is 3. The molecule has 180 valence electrons. The van der Waals surface area contributed by atoms with Gasteiger partial charge in [-0.3, -0.25) is 4.79 Å². The Kier molecular flexibility index (Phi) is 7.35. The molecule has 0 saturated heterocycles. The van der Waals surface area contributed by atoms with Crippen LogP contribution in [0.4, 0.5) is 28.0 Å². The molecule has 9 nitrogen and oxygen atoms in total. The predicted octanol–water partition coefficient (Wildman–Crippen LogP) is 4.47. The Labute approximate surface area is 193 Å². The molecule has 2 heterocycles. The van der Waals surface area contributed by atoms with Crippen LogP contribution in [-0.2, 0) is 14.3 Å². The third-order valence-corrected chi connectivity index (χ3v) is 4.44. The highest BCUT2D eigenvalue weighted by atomic mass is 35.5. The van der Waals surface area contributed by atoms with E-state index in [9.17, 15) is 31.9 Å². The van der Waals surface area contributed by atoms with Gasteiger partial charge in [0.2, 0.25) is 5.91 Å². The maximum Gasteiger partial charge on any atom is 0.430 e. The van der Waals surface area contributed by atoms with Crippen LogP contribution >= 0.6 is 11.6 Å². The summed E-state index contributed by atoms with van der Waals surface area (Å²) in [5.41, 5.74) is -2.32. The summed E-state index contributed by atoms with van der Waals surface area (Å²) >= 11 is 6.00. The van der Waals surface area contributed by atoms with Gasteiger partial charge in [0, 0.05) is 12.3 Å². The molecule has 1 aromatic carbocycles. The van der Waals surface area contributed by atoms with E-state index in [1.54, 1.807) is 6.92 Å². The van der Waals surface area contributed by atoms with Crippen molar-refractivity contribution in [1.82, 2.24) is 4.98 Å². The van der Waals surface area contributed by atoms with E-state index in [4.69, 9.17) is 25.8 Å². The van der Waals surface area contributed by atoms with Crippen LogP contribution in [-0.4, -0.2) is 48.0 Å². The Morgan fingerprint density at radius 3 is 2.62 bits per heavy atom. The standard InChI is InChI=1S/C20H14ClF4N3O6/c1-2-32-17(30)9-33-18-13(4-3-5-26-18)34-14-7-12(11(22)6-10(14)21)28-16(29)8-15(20(23,24)25)27-19(28)31/h3-7H,2,8-9H2,1H3. The minimum atomic E-state index is -5.00. The molecule has 1 aliphatic heterocycles. The van der Waals surface area contributed by atoms with E-state index in [2.05, 4.69) is 9.98 Å². The monoisotopic (exact) mass is 503 g/mol. The molecular weight excluding hydrogens is 490 g/mol. The number of carbonyl (C=O) groups excluding carboxylic acids is 3. The van der Waals surface area contributed by atoms with Gasteiger partial charge in [-0.05, 0) is 25.1 Å². The van der Waals surface area contributed by atoms with Gasteiger partial charge in [-0.2, -0.15) is 18.2 Å². The molecule has 0 N–H and O–H groups in total. The number of alkyl halides is 3. The van der Waals surface area contributed by atoms with E-state index in [1.165, 1.54) is 18.3 Å². The zero-order valence-corrected chi connectivity index (χ0v) is 17.9. The largest absolute Gasteiger partial charge is 0.463 e. The van der Waals surface area contributed by atoms with Crippen molar-refractivity contribution in [3.8, 4) is 17.4 Å². The molecule has 0 unspecified atom stereocenters. The first kappa shape index (κ1) is 24.9. The summed E-state index contributed by atoms with van der Waals surface area (Å²) in [6.07, 6.45) is -4.93. The van der Waals surface area contributed by atoms with Crippen LogP contribution in [0, 0.1) is 5.82 Å².